The zero-order valence-corrected chi connectivity index (χ0v) is 17.2. The molecule has 3 rings (SSSR count). The molecule has 0 radical (unpaired) electrons. The van der Waals surface area contributed by atoms with Gasteiger partial charge >= 0.3 is 5.97 Å². The minimum atomic E-state index is -0.889. The number of unbranched alkanes of at least 4 members (excludes halogenated alkanes) is 1. The zero-order chi connectivity index (χ0) is 20.5. The van der Waals surface area contributed by atoms with Gasteiger partial charge < -0.3 is 20.1 Å². The van der Waals surface area contributed by atoms with E-state index in [9.17, 15) is 9.90 Å². The Bertz CT molecular complexity index is 922. The normalized spacial score (nSPS) is 14.1. The third-order valence-electron chi connectivity index (χ3n) is 4.92. The molecule has 0 unspecified atom stereocenters. The number of carbonyl (C=O) groups excluding carboxylic acids is 1. The van der Waals surface area contributed by atoms with E-state index in [1.807, 2.05) is 0 Å². The third kappa shape index (κ3) is 4.04. The predicted molar refractivity (Wildman–Crippen MR) is 110 cm³/mol. The van der Waals surface area contributed by atoms with Crippen molar-refractivity contribution in [2.24, 2.45) is 0 Å². The van der Waals surface area contributed by atoms with Crippen LogP contribution >= 0.6 is 0 Å². The number of carbonyl (C=O) groups is 1. The van der Waals surface area contributed by atoms with Gasteiger partial charge in [-0.3, -0.25) is 0 Å². The second-order valence-electron chi connectivity index (χ2n) is 7.98. The van der Waals surface area contributed by atoms with Crippen molar-refractivity contribution >= 4 is 28.9 Å². The standard InChI is InChI=1S/C21H30N4O3/c1-5-7-8-16-24-17-18(25(16)12-21(3,4)27)14-10-9-13(20(26)28-6-2)11-15(14)23-19(17)22/h11,27H,5-10,12H2,1-4H3,(H2,22,23). The lowest BCUT2D eigenvalue weighted by Crippen LogP contribution is -2.27. The highest BCUT2D eigenvalue weighted by molar-refractivity contribution is 5.97. The average molecular weight is 386 g/mol. The summed E-state index contributed by atoms with van der Waals surface area (Å²) in [5.74, 6) is 0.964. The number of aromatic nitrogens is 3. The van der Waals surface area contributed by atoms with Gasteiger partial charge in [0.15, 0.2) is 5.82 Å². The van der Waals surface area contributed by atoms with Crippen molar-refractivity contribution in [3.8, 4) is 0 Å². The molecule has 28 heavy (non-hydrogen) atoms. The van der Waals surface area contributed by atoms with Crippen LogP contribution in [-0.2, 0) is 28.9 Å². The Morgan fingerprint density at radius 2 is 2.07 bits per heavy atom. The van der Waals surface area contributed by atoms with Crippen molar-refractivity contribution in [1.82, 2.24) is 14.5 Å². The van der Waals surface area contributed by atoms with Crippen LogP contribution in [-0.4, -0.2) is 37.8 Å². The Morgan fingerprint density at radius 3 is 2.71 bits per heavy atom. The molecule has 2 aromatic heterocycles. The zero-order valence-electron chi connectivity index (χ0n) is 17.2. The number of nitrogen functional groups attached to an aromatic ring is 1. The molecule has 0 saturated heterocycles. The molecule has 3 N–H and O–H groups in total. The molecule has 0 aromatic carbocycles. The van der Waals surface area contributed by atoms with E-state index in [-0.39, 0.29) is 5.97 Å². The molecule has 7 nitrogen and oxygen atoms in total. The monoisotopic (exact) mass is 386 g/mol. The fourth-order valence-electron chi connectivity index (χ4n) is 3.69. The number of imidazole rings is 1. The fourth-order valence-corrected chi connectivity index (χ4v) is 3.69. The number of nitrogens with two attached hydrogens (primary N) is 1. The summed E-state index contributed by atoms with van der Waals surface area (Å²) in [6, 6.07) is 0. The lowest BCUT2D eigenvalue weighted by atomic mass is 9.94. The van der Waals surface area contributed by atoms with Crippen LogP contribution in [0.3, 0.4) is 0 Å². The number of fused-ring (bicyclic) bond motifs is 3. The summed E-state index contributed by atoms with van der Waals surface area (Å²) in [6.45, 7) is 8.28. The lowest BCUT2D eigenvalue weighted by Gasteiger charge is -2.22. The van der Waals surface area contributed by atoms with Crippen molar-refractivity contribution in [2.75, 3.05) is 12.3 Å². The minimum Gasteiger partial charge on any atom is -0.463 e. The van der Waals surface area contributed by atoms with Gasteiger partial charge in [0.25, 0.3) is 0 Å². The van der Waals surface area contributed by atoms with Gasteiger partial charge in [-0.05, 0) is 46.1 Å². The molecule has 0 amide bonds. The van der Waals surface area contributed by atoms with Crippen LogP contribution in [0, 0.1) is 0 Å². The minimum absolute atomic E-state index is 0.303. The molecule has 0 spiro atoms. The van der Waals surface area contributed by atoms with Crippen molar-refractivity contribution in [1.29, 1.82) is 0 Å². The largest absolute Gasteiger partial charge is 0.463 e. The summed E-state index contributed by atoms with van der Waals surface area (Å²) in [7, 11) is 0. The average Bonchev–Trinajstić information content (AvgIpc) is 2.97. The first-order chi connectivity index (χ1) is 13.2. The molecule has 7 heteroatoms. The maximum absolute atomic E-state index is 12.1. The summed E-state index contributed by atoms with van der Waals surface area (Å²) in [4.78, 5) is 21.4. The Labute approximate surface area is 165 Å². The second kappa shape index (κ2) is 7.91. The number of aryl methyl sites for hydroxylation is 2. The number of pyridine rings is 1. The maximum atomic E-state index is 12.1. The van der Waals surface area contributed by atoms with Gasteiger partial charge in [0.2, 0.25) is 0 Å². The Hall–Kier alpha value is -2.41. The highest BCUT2D eigenvalue weighted by atomic mass is 16.5. The number of rotatable bonds is 7. The number of hydrogen-bond donors (Lipinski definition) is 2. The van der Waals surface area contributed by atoms with Gasteiger partial charge in [0, 0.05) is 17.6 Å². The summed E-state index contributed by atoms with van der Waals surface area (Å²) in [6.07, 6.45) is 5.92. The summed E-state index contributed by atoms with van der Waals surface area (Å²) in [5, 5.41) is 10.5. The first-order valence-corrected chi connectivity index (χ1v) is 10.0. The van der Waals surface area contributed by atoms with Gasteiger partial charge in [-0.15, -0.1) is 0 Å². The fraction of sp³-hybridized carbons (Fsp3) is 0.571. The van der Waals surface area contributed by atoms with Crippen LogP contribution in [0.1, 0.15) is 64.0 Å². The van der Waals surface area contributed by atoms with Crippen molar-refractivity contribution in [3.63, 3.8) is 0 Å². The molecule has 0 fully saturated rings. The van der Waals surface area contributed by atoms with Crippen LogP contribution in [0.25, 0.3) is 17.1 Å². The van der Waals surface area contributed by atoms with E-state index in [0.29, 0.717) is 48.6 Å². The number of hydrogen-bond acceptors (Lipinski definition) is 6. The molecule has 2 heterocycles. The Kier molecular flexibility index (Phi) is 5.74. The van der Waals surface area contributed by atoms with Gasteiger partial charge in [0.05, 0.1) is 30.0 Å². The lowest BCUT2D eigenvalue weighted by molar-refractivity contribution is -0.138. The SMILES string of the molecule is CCCCc1nc2c(N)nc3c(c2n1CC(C)(C)O)CCC(C(=O)OCC)=C3. The first kappa shape index (κ1) is 20.3. The summed E-state index contributed by atoms with van der Waals surface area (Å²) >= 11 is 0. The Balaban J connectivity index is 2.18. The molecule has 152 valence electrons. The van der Waals surface area contributed by atoms with E-state index in [0.717, 1.165) is 36.2 Å². The molecular weight excluding hydrogens is 356 g/mol. The molecule has 0 saturated carbocycles. The van der Waals surface area contributed by atoms with E-state index >= 15 is 0 Å². The molecule has 0 aliphatic heterocycles. The Morgan fingerprint density at radius 1 is 1.32 bits per heavy atom. The molecule has 0 atom stereocenters. The number of esters is 1. The highest BCUT2D eigenvalue weighted by Gasteiger charge is 2.27. The van der Waals surface area contributed by atoms with Crippen LogP contribution in [0.4, 0.5) is 5.82 Å². The molecular formula is C21H30N4O3. The smallest absolute Gasteiger partial charge is 0.334 e. The molecule has 1 aliphatic rings. The molecule has 2 aromatic rings. The maximum Gasteiger partial charge on any atom is 0.334 e. The van der Waals surface area contributed by atoms with Crippen LogP contribution in [0.15, 0.2) is 5.57 Å². The van der Waals surface area contributed by atoms with Crippen molar-refractivity contribution < 1.29 is 14.6 Å². The van der Waals surface area contributed by atoms with Gasteiger partial charge in [0.1, 0.15) is 11.3 Å². The first-order valence-electron chi connectivity index (χ1n) is 10.0. The van der Waals surface area contributed by atoms with E-state index < -0.39 is 5.60 Å². The highest BCUT2D eigenvalue weighted by Crippen LogP contribution is 2.34. The number of aliphatic hydroxyl groups is 1. The van der Waals surface area contributed by atoms with E-state index in [4.69, 9.17) is 15.5 Å². The van der Waals surface area contributed by atoms with Gasteiger partial charge in [-0.25, -0.2) is 14.8 Å². The van der Waals surface area contributed by atoms with E-state index in [2.05, 4.69) is 16.5 Å². The van der Waals surface area contributed by atoms with Crippen LogP contribution < -0.4 is 5.73 Å². The summed E-state index contributed by atoms with van der Waals surface area (Å²) in [5.41, 5.74) is 9.29. The number of anilines is 1. The van der Waals surface area contributed by atoms with E-state index in [1.54, 1.807) is 26.8 Å². The summed E-state index contributed by atoms with van der Waals surface area (Å²) < 4.78 is 7.22. The van der Waals surface area contributed by atoms with Crippen LogP contribution in [0.5, 0.6) is 0 Å². The molecule has 0 bridgehead atoms. The van der Waals surface area contributed by atoms with Gasteiger partial charge in [-0.2, -0.15) is 0 Å². The molecule has 1 aliphatic carbocycles. The number of ether oxygens (including phenoxy) is 1. The van der Waals surface area contributed by atoms with Crippen LogP contribution in [0.2, 0.25) is 0 Å². The van der Waals surface area contributed by atoms with Crippen molar-refractivity contribution in [3.05, 3.63) is 22.7 Å². The third-order valence-corrected chi connectivity index (χ3v) is 4.92. The van der Waals surface area contributed by atoms with Crippen molar-refractivity contribution in [2.45, 2.75) is 71.9 Å². The second-order valence-corrected chi connectivity index (χ2v) is 7.98. The van der Waals surface area contributed by atoms with E-state index in [1.165, 1.54) is 0 Å². The number of nitrogens with zero attached hydrogens (tertiary/aromatic N) is 3. The topological polar surface area (TPSA) is 103 Å². The quantitative estimate of drug-likeness (QED) is 0.709. The predicted octanol–water partition coefficient (Wildman–Crippen LogP) is 3.02. The van der Waals surface area contributed by atoms with Gasteiger partial charge in [-0.1, -0.05) is 13.3 Å².